The molecule has 1 aromatic heterocycles. The third-order valence-electron chi connectivity index (χ3n) is 4.33. The van der Waals surface area contributed by atoms with Gasteiger partial charge in [0.25, 0.3) is 0 Å². The summed E-state index contributed by atoms with van der Waals surface area (Å²) in [6.45, 7) is 6.79. The van der Waals surface area contributed by atoms with Crippen LogP contribution in [0.4, 0.5) is 0 Å². The fourth-order valence-electron chi connectivity index (χ4n) is 3.05. The Morgan fingerprint density at radius 1 is 1.33 bits per heavy atom. The van der Waals surface area contributed by atoms with Gasteiger partial charge in [0.1, 0.15) is 5.82 Å². The number of aryl methyl sites for hydroxylation is 1. The van der Waals surface area contributed by atoms with Crippen LogP contribution < -0.4 is 0 Å². The number of aromatic nitrogens is 3. The molecule has 0 aromatic carbocycles. The Labute approximate surface area is 108 Å². The Morgan fingerprint density at radius 3 is 2.94 bits per heavy atom. The zero-order valence-electron chi connectivity index (χ0n) is 11.0. The van der Waals surface area contributed by atoms with E-state index in [1.807, 2.05) is 0 Å². The molecule has 0 bridgehead atoms. The summed E-state index contributed by atoms with van der Waals surface area (Å²) in [5.74, 6) is 2.99. The summed E-state index contributed by atoms with van der Waals surface area (Å²) in [7, 11) is 0. The molecular weight excluding hydrogens is 228 g/mol. The van der Waals surface area contributed by atoms with Crippen molar-refractivity contribution in [2.24, 2.45) is 5.92 Å². The largest absolute Gasteiger partial charge is 0.396 e. The first-order chi connectivity index (χ1) is 8.80. The number of likely N-dealkylation sites (N-methyl/N-ethyl adjacent to an activating group) is 1. The number of hydrogen-bond acceptors (Lipinski definition) is 4. The van der Waals surface area contributed by atoms with Gasteiger partial charge in [-0.2, -0.15) is 5.10 Å². The van der Waals surface area contributed by atoms with Gasteiger partial charge >= 0.3 is 0 Å². The molecule has 5 heteroatoms. The van der Waals surface area contributed by atoms with Gasteiger partial charge in [-0.25, -0.2) is 9.67 Å². The summed E-state index contributed by atoms with van der Waals surface area (Å²) in [6, 6.07) is 0. The molecule has 0 saturated carbocycles. The standard InChI is InChI=1S/C13H22N4O/c1-2-16-5-4-11(8-16)13-14-12-7-10(9-18)3-6-17(12)15-13/h10-11,18H,2-9H2,1H3. The van der Waals surface area contributed by atoms with Crippen LogP contribution >= 0.6 is 0 Å². The Bertz CT molecular complexity index is 417. The molecule has 1 saturated heterocycles. The minimum atomic E-state index is 0.273. The van der Waals surface area contributed by atoms with E-state index < -0.39 is 0 Å². The molecule has 2 aliphatic rings. The van der Waals surface area contributed by atoms with Crippen molar-refractivity contribution in [3.63, 3.8) is 0 Å². The second-order valence-electron chi connectivity index (χ2n) is 5.53. The fraction of sp³-hybridized carbons (Fsp3) is 0.846. The zero-order valence-corrected chi connectivity index (χ0v) is 11.0. The van der Waals surface area contributed by atoms with Gasteiger partial charge < -0.3 is 10.0 Å². The Balaban J connectivity index is 1.74. The van der Waals surface area contributed by atoms with Crippen LogP contribution in [-0.4, -0.2) is 51.0 Å². The van der Waals surface area contributed by atoms with Gasteiger partial charge in [-0.05, 0) is 31.8 Å². The molecule has 2 aliphatic heterocycles. The molecule has 0 aliphatic carbocycles. The highest BCUT2D eigenvalue weighted by molar-refractivity contribution is 5.05. The molecule has 5 nitrogen and oxygen atoms in total. The lowest BCUT2D eigenvalue weighted by Gasteiger charge is -2.19. The molecule has 100 valence electrons. The predicted molar refractivity (Wildman–Crippen MR) is 68.4 cm³/mol. The molecule has 2 atom stereocenters. The molecular formula is C13H22N4O. The van der Waals surface area contributed by atoms with Crippen LogP contribution in [0.1, 0.15) is 37.3 Å². The maximum absolute atomic E-state index is 9.24. The van der Waals surface area contributed by atoms with Crippen molar-refractivity contribution in [1.29, 1.82) is 0 Å². The predicted octanol–water partition coefficient (Wildman–Crippen LogP) is 0.642. The number of likely N-dealkylation sites (tertiary alicyclic amines) is 1. The molecule has 3 heterocycles. The Hall–Kier alpha value is -0.940. The lowest BCUT2D eigenvalue weighted by Crippen LogP contribution is -2.22. The number of hydrogen-bond donors (Lipinski definition) is 1. The number of aliphatic hydroxyl groups excluding tert-OH is 1. The first-order valence-corrected chi connectivity index (χ1v) is 7.07. The summed E-state index contributed by atoms with van der Waals surface area (Å²) in [5.41, 5.74) is 0. The summed E-state index contributed by atoms with van der Waals surface area (Å²) < 4.78 is 2.05. The van der Waals surface area contributed by atoms with E-state index in [9.17, 15) is 5.11 Å². The van der Waals surface area contributed by atoms with Gasteiger partial charge in [0, 0.05) is 32.0 Å². The van der Waals surface area contributed by atoms with Crippen molar-refractivity contribution < 1.29 is 5.11 Å². The Morgan fingerprint density at radius 2 is 2.22 bits per heavy atom. The van der Waals surface area contributed by atoms with Gasteiger partial charge in [0.15, 0.2) is 5.82 Å². The molecule has 2 unspecified atom stereocenters. The highest BCUT2D eigenvalue weighted by atomic mass is 16.3. The van der Waals surface area contributed by atoms with Crippen LogP contribution in [0.25, 0.3) is 0 Å². The van der Waals surface area contributed by atoms with E-state index in [-0.39, 0.29) is 6.61 Å². The summed E-state index contributed by atoms with van der Waals surface area (Å²) >= 11 is 0. The maximum Gasteiger partial charge on any atom is 0.155 e. The normalized spacial score (nSPS) is 28.6. The van der Waals surface area contributed by atoms with Crippen LogP contribution in [0.2, 0.25) is 0 Å². The summed E-state index contributed by atoms with van der Waals surface area (Å²) in [5, 5.41) is 13.9. The van der Waals surface area contributed by atoms with E-state index >= 15 is 0 Å². The van der Waals surface area contributed by atoms with Crippen molar-refractivity contribution in [2.45, 2.75) is 38.6 Å². The highest BCUT2D eigenvalue weighted by Crippen LogP contribution is 2.26. The van der Waals surface area contributed by atoms with Gasteiger partial charge in [-0.1, -0.05) is 6.92 Å². The fourth-order valence-corrected chi connectivity index (χ4v) is 3.05. The minimum absolute atomic E-state index is 0.273. The molecule has 0 amide bonds. The van der Waals surface area contributed by atoms with Crippen LogP contribution in [0.5, 0.6) is 0 Å². The number of nitrogens with zero attached hydrogens (tertiary/aromatic N) is 4. The number of rotatable bonds is 3. The maximum atomic E-state index is 9.24. The van der Waals surface area contributed by atoms with Gasteiger partial charge in [-0.3, -0.25) is 0 Å². The average molecular weight is 250 g/mol. The average Bonchev–Trinajstić information content (AvgIpc) is 3.03. The van der Waals surface area contributed by atoms with Gasteiger partial charge in [-0.15, -0.1) is 0 Å². The molecule has 1 aromatic rings. The third kappa shape index (κ3) is 2.17. The van der Waals surface area contributed by atoms with E-state index in [4.69, 9.17) is 4.98 Å². The minimum Gasteiger partial charge on any atom is -0.396 e. The first-order valence-electron chi connectivity index (χ1n) is 7.07. The quantitative estimate of drug-likeness (QED) is 0.855. The molecule has 0 radical (unpaired) electrons. The van der Waals surface area contributed by atoms with Crippen molar-refractivity contribution >= 4 is 0 Å². The van der Waals surface area contributed by atoms with Crippen molar-refractivity contribution in [1.82, 2.24) is 19.7 Å². The van der Waals surface area contributed by atoms with Gasteiger partial charge in [0.2, 0.25) is 0 Å². The summed E-state index contributed by atoms with van der Waals surface area (Å²) in [6.07, 6.45) is 3.09. The van der Waals surface area contributed by atoms with Crippen molar-refractivity contribution in [3.8, 4) is 0 Å². The number of aliphatic hydroxyl groups is 1. The molecule has 0 spiro atoms. The SMILES string of the molecule is CCN1CCC(c2nc3n(n2)CCC(CO)C3)C1. The van der Waals surface area contributed by atoms with E-state index in [1.165, 1.54) is 13.0 Å². The first kappa shape index (κ1) is 12.1. The smallest absolute Gasteiger partial charge is 0.155 e. The van der Waals surface area contributed by atoms with Crippen molar-refractivity contribution in [2.75, 3.05) is 26.2 Å². The van der Waals surface area contributed by atoms with Crippen LogP contribution in [0, 0.1) is 5.92 Å². The lowest BCUT2D eigenvalue weighted by molar-refractivity contribution is 0.196. The topological polar surface area (TPSA) is 54.2 Å². The van der Waals surface area contributed by atoms with Crippen LogP contribution in [-0.2, 0) is 13.0 Å². The van der Waals surface area contributed by atoms with E-state index in [0.29, 0.717) is 11.8 Å². The van der Waals surface area contributed by atoms with Gasteiger partial charge in [0.05, 0.1) is 0 Å². The van der Waals surface area contributed by atoms with E-state index in [1.54, 1.807) is 0 Å². The molecule has 3 rings (SSSR count). The van der Waals surface area contributed by atoms with Crippen molar-refractivity contribution in [3.05, 3.63) is 11.6 Å². The second kappa shape index (κ2) is 4.97. The highest BCUT2D eigenvalue weighted by Gasteiger charge is 2.28. The number of fused-ring (bicyclic) bond motifs is 1. The van der Waals surface area contributed by atoms with Crippen LogP contribution in [0.3, 0.4) is 0 Å². The van der Waals surface area contributed by atoms with E-state index in [2.05, 4.69) is 21.6 Å². The zero-order chi connectivity index (χ0) is 12.5. The summed E-state index contributed by atoms with van der Waals surface area (Å²) in [4.78, 5) is 7.17. The second-order valence-corrected chi connectivity index (χ2v) is 5.53. The molecule has 18 heavy (non-hydrogen) atoms. The lowest BCUT2D eigenvalue weighted by atomic mass is 9.99. The monoisotopic (exact) mass is 250 g/mol. The van der Waals surface area contributed by atoms with E-state index in [0.717, 1.165) is 44.1 Å². The molecule has 1 fully saturated rings. The Kier molecular flexibility index (Phi) is 3.35. The third-order valence-corrected chi connectivity index (χ3v) is 4.33. The van der Waals surface area contributed by atoms with Crippen LogP contribution in [0.15, 0.2) is 0 Å². The molecule has 1 N–H and O–H groups in total.